The first-order chi connectivity index (χ1) is 13.5. The summed E-state index contributed by atoms with van der Waals surface area (Å²) >= 11 is 4.84. The van der Waals surface area contributed by atoms with Gasteiger partial charge >= 0.3 is 0 Å². The van der Waals surface area contributed by atoms with Crippen LogP contribution in [0.15, 0.2) is 53.0 Å². The lowest BCUT2D eigenvalue weighted by atomic mass is 10.1. The summed E-state index contributed by atoms with van der Waals surface area (Å²) in [6.45, 7) is 3.66. The van der Waals surface area contributed by atoms with Gasteiger partial charge in [0.15, 0.2) is 17.5 Å². The quantitative estimate of drug-likeness (QED) is 0.475. The van der Waals surface area contributed by atoms with Crippen LogP contribution >= 0.6 is 27.3 Å². The Balaban J connectivity index is 1.58. The van der Waals surface area contributed by atoms with Crippen molar-refractivity contribution in [1.29, 1.82) is 0 Å². The van der Waals surface area contributed by atoms with E-state index in [1.165, 1.54) is 11.3 Å². The number of nitrogens with zero attached hydrogens (tertiary/aromatic N) is 1. The number of carbonyl (C=O) groups excluding carboxylic acids is 2. The van der Waals surface area contributed by atoms with Crippen LogP contribution in [-0.2, 0) is 4.79 Å². The van der Waals surface area contributed by atoms with Crippen LogP contribution in [0.25, 0.3) is 11.3 Å². The molecule has 0 aliphatic carbocycles. The van der Waals surface area contributed by atoms with Crippen molar-refractivity contribution in [3.63, 3.8) is 0 Å². The topological polar surface area (TPSA) is 68.3 Å². The fourth-order valence-corrected chi connectivity index (χ4v) is 3.69. The van der Waals surface area contributed by atoms with Crippen LogP contribution in [0.1, 0.15) is 28.6 Å². The van der Waals surface area contributed by atoms with E-state index in [1.807, 2.05) is 38.1 Å². The van der Waals surface area contributed by atoms with Crippen LogP contribution < -0.4 is 10.1 Å². The molecule has 3 rings (SSSR count). The normalized spacial score (nSPS) is 10.5. The summed E-state index contributed by atoms with van der Waals surface area (Å²) in [5.41, 5.74) is 2.48. The first-order valence-corrected chi connectivity index (χ1v) is 10.4. The van der Waals surface area contributed by atoms with E-state index in [0.717, 1.165) is 20.6 Å². The molecule has 0 fully saturated rings. The Kier molecular flexibility index (Phi) is 6.59. The molecule has 1 aromatic heterocycles. The molecule has 1 amide bonds. The number of thiazole rings is 1. The SMILES string of the molecule is CCC(=O)c1ccc(OCC(=O)Nc2nc(-c3ccc(Br)cc3)c(C)s2)cc1. The number of Topliss-reactive ketones (excluding diaryl/α,β-unsaturated/α-hetero) is 1. The van der Waals surface area contributed by atoms with Gasteiger partial charge in [-0.2, -0.15) is 0 Å². The molecule has 3 aromatic rings. The van der Waals surface area contributed by atoms with E-state index < -0.39 is 0 Å². The molecule has 2 aromatic carbocycles. The molecular formula is C21H19BrN2O3S. The Labute approximate surface area is 175 Å². The zero-order valence-electron chi connectivity index (χ0n) is 15.5. The summed E-state index contributed by atoms with van der Waals surface area (Å²) in [6.07, 6.45) is 0.456. The second-order valence-electron chi connectivity index (χ2n) is 6.07. The second kappa shape index (κ2) is 9.12. The minimum Gasteiger partial charge on any atom is -0.484 e. The van der Waals surface area contributed by atoms with Crippen molar-refractivity contribution in [1.82, 2.24) is 4.98 Å². The Hall–Kier alpha value is -2.51. The number of halogens is 1. The molecule has 1 N–H and O–H groups in total. The molecule has 7 heteroatoms. The minimum absolute atomic E-state index is 0.0741. The molecule has 1 heterocycles. The van der Waals surface area contributed by atoms with Gasteiger partial charge in [0.2, 0.25) is 0 Å². The molecule has 0 bridgehead atoms. The largest absolute Gasteiger partial charge is 0.484 e. The van der Waals surface area contributed by atoms with E-state index in [9.17, 15) is 9.59 Å². The van der Waals surface area contributed by atoms with E-state index in [2.05, 4.69) is 26.2 Å². The average molecular weight is 459 g/mol. The molecule has 0 saturated carbocycles. The number of carbonyl (C=O) groups is 2. The van der Waals surface area contributed by atoms with E-state index in [0.29, 0.717) is 22.9 Å². The molecule has 0 atom stereocenters. The van der Waals surface area contributed by atoms with Gasteiger partial charge in [0.05, 0.1) is 5.69 Å². The van der Waals surface area contributed by atoms with Gasteiger partial charge in [0, 0.05) is 26.9 Å². The molecule has 0 aliphatic heterocycles. The minimum atomic E-state index is -0.287. The number of rotatable bonds is 7. The van der Waals surface area contributed by atoms with Crippen LogP contribution in [0.3, 0.4) is 0 Å². The van der Waals surface area contributed by atoms with Gasteiger partial charge in [-0.3, -0.25) is 14.9 Å². The van der Waals surface area contributed by atoms with Crippen molar-refractivity contribution < 1.29 is 14.3 Å². The van der Waals surface area contributed by atoms with Crippen molar-refractivity contribution in [2.45, 2.75) is 20.3 Å². The first-order valence-electron chi connectivity index (χ1n) is 8.75. The van der Waals surface area contributed by atoms with Crippen molar-refractivity contribution in [3.05, 3.63) is 63.4 Å². The number of nitrogens with one attached hydrogen (secondary N) is 1. The van der Waals surface area contributed by atoms with E-state index in [-0.39, 0.29) is 18.3 Å². The second-order valence-corrected chi connectivity index (χ2v) is 8.19. The van der Waals surface area contributed by atoms with Crippen LogP contribution in [0.4, 0.5) is 5.13 Å². The predicted molar refractivity (Wildman–Crippen MR) is 115 cm³/mol. The number of aromatic nitrogens is 1. The lowest BCUT2D eigenvalue weighted by molar-refractivity contribution is -0.118. The molecule has 28 heavy (non-hydrogen) atoms. The lowest BCUT2D eigenvalue weighted by Crippen LogP contribution is -2.20. The maximum Gasteiger partial charge on any atom is 0.264 e. The standard InChI is InChI=1S/C21H19BrN2O3S/c1-3-18(25)14-6-10-17(11-7-14)27-12-19(26)23-21-24-20(13(2)28-21)15-4-8-16(22)9-5-15/h4-11H,3,12H2,1-2H3,(H,23,24,26). The average Bonchev–Trinajstić information content (AvgIpc) is 3.06. The van der Waals surface area contributed by atoms with Crippen LogP contribution in [-0.4, -0.2) is 23.3 Å². The molecule has 0 radical (unpaired) electrons. The Bertz CT molecular complexity index is 982. The monoisotopic (exact) mass is 458 g/mol. The number of aryl methyl sites for hydroxylation is 1. The molecule has 0 spiro atoms. The molecule has 0 aliphatic rings. The molecule has 5 nitrogen and oxygen atoms in total. The summed E-state index contributed by atoms with van der Waals surface area (Å²) in [5.74, 6) is 0.323. The first kappa shape index (κ1) is 20.2. The third-order valence-corrected chi connectivity index (χ3v) is 5.44. The Morgan fingerprint density at radius 2 is 1.79 bits per heavy atom. The van der Waals surface area contributed by atoms with Gasteiger partial charge in [0.25, 0.3) is 5.91 Å². The summed E-state index contributed by atoms with van der Waals surface area (Å²) < 4.78 is 6.49. The highest BCUT2D eigenvalue weighted by molar-refractivity contribution is 9.10. The van der Waals surface area contributed by atoms with Gasteiger partial charge in [-0.15, -0.1) is 11.3 Å². The fraction of sp³-hybridized carbons (Fsp3) is 0.190. The van der Waals surface area contributed by atoms with Crippen LogP contribution in [0, 0.1) is 6.92 Å². The van der Waals surface area contributed by atoms with Crippen LogP contribution in [0.2, 0.25) is 0 Å². The number of hydrogen-bond donors (Lipinski definition) is 1. The molecule has 0 saturated heterocycles. The van der Waals surface area contributed by atoms with Crippen molar-refractivity contribution in [3.8, 4) is 17.0 Å². The van der Waals surface area contributed by atoms with Gasteiger partial charge < -0.3 is 4.74 Å². The van der Waals surface area contributed by atoms with Crippen LogP contribution in [0.5, 0.6) is 5.75 Å². The fourth-order valence-electron chi connectivity index (χ4n) is 2.57. The highest BCUT2D eigenvalue weighted by Gasteiger charge is 2.13. The number of amides is 1. The summed E-state index contributed by atoms with van der Waals surface area (Å²) in [4.78, 5) is 29.4. The maximum atomic E-state index is 12.2. The summed E-state index contributed by atoms with van der Waals surface area (Å²) in [7, 11) is 0. The number of anilines is 1. The zero-order chi connectivity index (χ0) is 20.1. The van der Waals surface area contributed by atoms with Gasteiger partial charge in [-0.05, 0) is 43.3 Å². The third-order valence-electron chi connectivity index (χ3n) is 4.03. The van der Waals surface area contributed by atoms with Crippen molar-refractivity contribution in [2.24, 2.45) is 0 Å². The lowest BCUT2D eigenvalue weighted by Gasteiger charge is -2.06. The molecular weight excluding hydrogens is 440 g/mol. The molecule has 144 valence electrons. The van der Waals surface area contributed by atoms with Gasteiger partial charge in [0.1, 0.15) is 5.75 Å². The molecule has 0 unspecified atom stereocenters. The number of ether oxygens (including phenoxy) is 1. The number of benzene rings is 2. The maximum absolute atomic E-state index is 12.2. The van der Waals surface area contributed by atoms with Gasteiger partial charge in [-0.1, -0.05) is 35.0 Å². The van der Waals surface area contributed by atoms with E-state index >= 15 is 0 Å². The number of hydrogen-bond acceptors (Lipinski definition) is 5. The summed E-state index contributed by atoms with van der Waals surface area (Å²) in [5, 5.41) is 3.31. The Morgan fingerprint density at radius 1 is 1.11 bits per heavy atom. The predicted octanol–water partition coefficient (Wildman–Crippen LogP) is 5.49. The zero-order valence-corrected chi connectivity index (χ0v) is 17.9. The Morgan fingerprint density at radius 3 is 2.43 bits per heavy atom. The third kappa shape index (κ3) is 5.05. The van der Waals surface area contributed by atoms with E-state index in [1.54, 1.807) is 24.3 Å². The van der Waals surface area contributed by atoms with E-state index in [4.69, 9.17) is 4.74 Å². The van der Waals surface area contributed by atoms with Crippen molar-refractivity contribution >= 4 is 44.1 Å². The van der Waals surface area contributed by atoms with Gasteiger partial charge in [-0.25, -0.2) is 4.98 Å². The highest BCUT2D eigenvalue weighted by Crippen LogP contribution is 2.31. The smallest absolute Gasteiger partial charge is 0.264 e. The highest BCUT2D eigenvalue weighted by atomic mass is 79.9. The number of ketones is 1. The van der Waals surface area contributed by atoms with Crippen molar-refractivity contribution in [2.75, 3.05) is 11.9 Å². The summed E-state index contributed by atoms with van der Waals surface area (Å²) in [6, 6.07) is 14.7.